The molecule has 0 unspecified atom stereocenters. The first-order valence-electron chi connectivity index (χ1n) is 13.2. The second-order valence-corrected chi connectivity index (χ2v) is 9.21. The highest BCUT2D eigenvalue weighted by Crippen LogP contribution is 2.29. The highest BCUT2D eigenvalue weighted by molar-refractivity contribution is 6.28. The zero-order chi connectivity index (χ0) is 31.4. The predicted octanol–water partition coefficient (Wildman–Crippen LogP) is 4.47. The topological polar surface area (TPSA) is 129 Å². The number of carbonyl (C=O) groups excluding carboxylic acids is 3. The lowest BCUT2D eigenvalue weighted by Gasteiger charge is -2.10. The number of hydrogen-bond acceptors (Lipinski definition) is 9. The maximum Gasteiger partial charge on any atom is 0.174 e. The van der Waals surface area contributed by atoms with Crippen molar-refractivity contribution < 1.29 is 43.5 Å². The average Bonchev–Trinajstić information content (AvgIpc) is 3.04. The molecule has 0 spiro atoms. The van der Waals surface area contributed by atoms with Crippen molar-refractivity contribution in [1.82, 2.24) is 0 Å². The summed E-state index contributed by atoms with van der Waals surface area (Å²) in [6, 6.07) is 15.0. The van der Waals surface area contributed by atoms with Crippen LogP contribution >= 0.6 is 0 Å². The molecule has 9 nitrogen and oxygen atoms in total. The first-order valence-corrected chi connectivity index (χ1v) is 13.2. The Morgan fingerprint density at radius 1 is 0.558 bits per heavy atom. The van der Waals surface area contributed by atoms with Crippen molar-refractivity contribution in [3.05, 3.63) is 101 Å². The molecule has 0 aliphatic heterocycles. The summed E-state index contributed by atoms with van der Waals surface area (Å²) in [5.74, 6) is -1.85. The van der Waals surface area contributed by atoms with Gasteiger partial charge in [-0.1, -0.05) is 42.5 Å². The Hall–Kier alpha value is -4.99. The van der Waals surface area contributed by atoms with Crippen LogP contribution < -0.4 is 18.9 Å². The molecule has 0 amide bonds. The molecular formula is C34H34O9. The number of methoxy groups -OCH3 is 4. The quantitative estimate of drug-likeness (QED) is 0.196. The number of allylic oxidation sites excluding steroid dienone is 3. The molecule has 0 fully saturated rings. The molecular weight excluding hydrogens is 552 g/mol. The van der Waals surface area contributed by atoms with Gasteiger partial charge in [-0.05, 0) is 76.4 Å². The van der Waals surface area contributed by atoms with Gasteiger partial charge in [-0.2, -0.15) is 0 Å². The van der Waals surface area contributed by atoms with E-state index in [9.17, 15) is 24.6 Å². The summed E-state index contributed by atoms with van der Waals surface area (Å²) in [4.78, 5) is 39.9. The number of benzene rings is 3. The summed E-state index contributed by atoms with van der Waals surface area (Å²) in [7, 11) is 5.99. The minimum absolute atomic E-state index is 0.247. The van der Waals surface area contributed by atoms with Crippen molar-refractivity contribution in [3.63, 3.8) is 0 Å². The molecule has 0 radical (unpaired) electrons. The highest BCUT2D eigenvalue weighted by atomic mass is 16.5. The Kier molecular flexibility index (Phi) is 12.0. The van der Waals surface area contributed by atoms with E-state index in [1.54, 1.807) is 54.6 Å². The smallest absolute Gasteiger partial charge is 0.174 e. The monoisotopic (exact) mass is 586 g/mol. The van der Waals surface area contributed by atoms with Crippen LogP contribution in [0.25, 0.3) is 18.2 Å². The largest absolute Gasteiger partial charge is 0.493 e. The molecule has 0 saturated heterocycles. The third-order valence-corrected chi connectivity index (χ3v) is 6.56. The van der Waals surface area contributed by atoms with Crippen LogP contribution in [0.5, 0.6) is 23.0 Å². The normalized spacial score (nSPS) is 12.0. The van der Waals surface area contributed by atoms with Crippen molar-refractivity contribution in [2.75, 3.05) is 28.4 Å². The Morgan fingerprint density at radius 3 is 1.30 bits per heavy atom. The number of ketones is 3. The number of carbonyl (C=O) groups is 3. The molecule has 3 rings (SSSR count). The van der Waals surface area contributed by atoms with Gasteiger partial charge < -0.3 is 29.2 Å². The van der Waals surface area contributed by atoms with E-state index in [0.29, 0.717) is 50.8 Å². The van der Waals surface area contributed by atoms with Crippen molar-refractivity contribution in [2.24, 2.45) is 5.92 Å². The minimum Gasteiger partial charge on any atom is -0.493 e. The summed E-state index contributed by atoms with van der Waals surface area (Å²) >= 11 is 0. The molecule has 3 aromatic rings. The highest BCUT2D eigenvalue weighted by Gasteiger charge is 2.29. The average molecular weight is 587 g/mol. The summed E-state index contributed by atoms with van der Waals surface area (Å²) < 4.78 is 21.1. The Labute approximate surface area is 250 Å². The van der Waals surface area contributed by atoms with Crippen molar-refractivity contribution >= 4 is 35.6 Å². The van der Waals surface area contributed by atoms with Crippen LogP contribution in [-0.4, -0.2) is 56.0 Å². The molecule has 0 heterocycles. The van der Waals surface area contributed by atoms with Gasteiger partial charge >= 0.3 is 0 Å². The van der Waals surface area contributed by atoms with Crippen LogP contribution in [0.4, 0.5) is 0 Å². The number of ether oxygens (including phenoxy) is 4. The lowest BCUT2D eigenvalue weighted by molar-refractivity contribution is -0.134. The lowest BCUT2D eigenvalue weighted by atomic mass is 9.91. The molecule has 9 heteroatoms. The third kappa shape index (κ3) is 8.51. The molecule has 0 atom stereocenters. The maximum absolute atomic E-state index is 13.3. The van der Waals surface area contributed by atoms with E-state index in [0.717, 1.165) is 6.08 Å². The van der Waals surface area contributed by atoms with E-state index < -0.39 is 23.3 Å². The fraction of sp³-hybridized carbons (Fsp3) is 0.206. The molecule has 224 valence electrons. The fourth-order valence-corrected chi connectivity index (χ4v) is 4.21. The fourth-order valence-electron chi connectivity index (χ4n) is 4.21. The zero-order valence-corrected chi connectivity index (χ0v) is 24.4. The molecule has 0 aromatic heterocycles. The SMILES string of the molecule is COc1ccc(C=CC(=O)C(C(=O)C=Cc2ccc(CO)c(CO)c2)C(=O)C=Cc2ccc(OC)c(OC)c2)cc1OC. The summed E-state index contributed by atoms with van der Waals surface area (Å²) in [6.07, 6.45) is 7.94. The second kappa shape index (κ2) is 15.9. The van der Waals surface area contributed by atoms with Crippen LogP contribution in [0, 0.1) is 5.92 Å². The lowest BCUT2D eigenvalue weighted by Crippen LogP contribution is -2.28. The van der Waals surface area contributed by atoms with Crippen LogP contribution in [0.3, 0.4) is 0 Å². The molecule has 0 saturated carbocycles. The van der Waals surface area contributed by atoms with E-state index in [-0.39, 0.29) is 13.2 Å². The summed E-state index contributed by atoms with van der Waals surface area (Å²) in [5.41, 5.74) is 2.80. The van der Waals surface area contributed by atoms with Gasteiger partial charge in [-0.3, -0.25) is 14.4 Å². The molecule has 43 heavy (non-hydrogen) atoms. The van der Waals surface area contributed by atoms with Gasteiger partial charge in [0.05, 0.1) is 41.7 Å². The predicted molar refractivity (Wildman–Crippen MR) is 163 cm³/mol. The molecule has 0 aliphatic rings. The molecule has 0 aliphatic carbocycles. The first kappa shape index (κ1) is 32.5. The Balaban J connectivity index is 1.93. The number of rotatable bonds is 15. The van der Waals surface area contributed by atoms with Gasteiger partial charge in [-0.25, -0.2) is 0 Å². The number of hydrogen-bond donors (Lipinski definition) is 2. The van der Waals surface area contributed by atoms with E-state index in [2.05, 4.69) is 0 Å². The van der Waals surface area contributed by atoms with Crippen LogP contribution in [0.1, 0.15) is 27.8 Å². The van der Waals surface area contributed by atoms with E-state index in [1.807, 2.05) is 0 Å². The first-order chi connectivity index (χ1) is 20.8. The summed E-state index contributed by atoms with van der Waals surface area (Å²) in [5, 5.41) is 19.0. The zero-order valence-electron chi connectivity index (χ0n) is 24.4. The Bertz CT molecular complexity index is 1370. The van der Waals surface area contributed by atoms with Gasteiger partial charge in [0.15, 0.2) is 40.3 Å². The van der Waals surface area contributed by atoms with Crippen molar-refractivity contribution in [3.8, 4) is 23.0 Å². The minimum atomic E-state index is -1.64. The van der Waals surface area contributed by atoms with Crippen LogP contribution in [0.15, 0.2) is 72.8 Å². The van der Waals surface area contributed by atoms with E-state index >= 15 is 0 Å². The molecule has 3 aromatic carbocycles. The van der Waals surface area contributed by atoms with Gasteiger partial charge in [0.25, 0.3) is 0 Å². The van der Waals surface area contributed by atoms with Crippen molar-refractivity contribution in [1.29, 1.82) is 0 Å². The van der Waals surface area contributed by atoms with Crippen LogP contribution in [-0.2, 0) is 27.6 Å². The van der Waals surface area contributed by atoms with Gasteiger partial charge in [0.2, 0.25) is 0 Å². The standard InChI is InChI=1S/C34H34O9/c1-40-30-15-9-23(18-32(30)42-3)7-13-28(38)34(27(37)12-6-22-5-11-25(20-35)26(17-22)21-36)29(39)14-8-24-10-16-31(41-2)33(19-24)43-4/h5-19,34-36H,20-21H2,1-4H3. The van der Waals surface area contributed by atoms with E-state index in [1.165, 1.54) is 58.8 Å². The van der Waals surface area contributed by atoms with Gasteiger partial charge in [-0.15, -0.1) is 0 Å². The maximum atomic E-state index is 13.3. The third-order valence-electron chi connectivity index (χ3n) is 6.56. The van der Waals surface area contributed by atoms with Gasteiger partial charge in [0, 0.05) is 0 Å². The molecule has 2 N–H and O–H groups in total. The second-order valence-electron chi connectivity index (χ2n) is 9.21. The van der Waals surface area contributed by atoms with E-state index in [4.69, 9.17) is 18.9 Å². The van der Waals surface area contributed by atoms with Crippen molar-refractivity contribution in [2.45, 2.75) is 13.2 Å². The molecule has 0 bridgehead atoms. The number of aliphatic hydroxyl groups is 2. The Morgan fingerprint density at radius 2 is 0.930 bits per heavy atom. The van der Waals surface area contributed by atoms with Crippen LogP contribution in [0.2, 0.25) is 0 Å². The summed E-state index contributed by atoms with van der Waals surface area (Å²) in [6.45, 7) is -0.546. The number of aliphatic hydroxyl groups excluding tert-OH is 2. The van der Waals surface area contributed by atoms with Gasteiger partial charge in [0.1, 0.15) is 5.92 Å².